The summed E-state index contributed by atoms with van der Waals surface area (Å²) in [6.45, 7) is 2.37. The number of halogens is 1. The molecule has 1 aromatic carbocycles. The van der Waals surface area contributed by atoms with Gasteiger partial charge in [-0.25, -0.2) is 0 Å². The summed E-state index contributed by atoms with van der Waals surface area (Å²) < 4.78 is 4.31. The van der Waals surface area contributed by atoms with Crippen molar-refractivity contribution in [2.75, 3.05) is 0 Å². The number of nitrogens with one attached hydrogen (secondary N) is 1. The smallest absolute Gasteiger partial charge is 0.178 e. The molecule has 2 nitrogen and oxygen atoms in total. The Morgan fingerprint density at radius 1 is 1.26 bits per heavy atom. The van der Waals surface area contributed by atoms with E-state index in [2.05, 4.69) is 50.6 Å². The lowest BCUT2D eigenvalue weighted by Gasteiger charge is -2.17. The van der Waals surface area contributed by atoms with Crippen LogP contribution in [0.3, 0.4) is 0 Å². The van der Waals surface area contributed by atoms with Crippen LogP contribution in [-0.4, -0.2) is 9.55 Å². The van der Waals surface area contributed by atoms with Crippen LogP contribution in [0.5, 0.6) is 0 Å². The lowest BCUT2D eigenvalue weighted by atomic mass is 10.0. The number of imidazole rings is 1. The fourth-order valence-corrected chi connectivity index (χ4v) is 3.91. The van der Waals surface area contributed by atoms with Crippen LogP contribution >= 0.6 is 28.1 Å². The average molecular weight is 339 g/mol. The fraction of sp³-hybridized carbons (Fsp3) is 0.533. The van der Waals surface area contributed by atoms with E-state index in [0.717, 1.165) is 20.7 Å². The molecule has 2 atom stereocenters. The van der Waals surface area contributed by atoms with Crippen molar-refractivity contribution in [3.63, 3.8) is 0 Å². The molecule has 1 heterocycles. The van der Waals surface area contributed by atoms with Crippen molar-refractivity contribution in [2.24, 2.45) is 5.92 Å². The number of rotatable bonds is 1. The quantitative estimate of drug-likeness (QED) is 0.529. The Kier molecular flexibility index (Phi) is 3.81. The first-order chi connectivity index (χ1) is 9.15. The van der Waals surface area contributed by atoms with Crippen LogP contribution in [-0.2, 0) is 0 Å². The molecule has 0 radical (unpaired) electrons. The Bertz CT molecular complexity index is 643. The molecule has 2 aromatic rings. The summed E-state index contributed by atoms with van der Waals surface area (Å²) in [6.07, 6.45) is 6.49. The van der Waals surface area contributed by atoms with Crippen molar-refractivity contribution < 1.29 is 0 Å². The standard InChI is InChI=1S/C15H19BrN2S/c1-10-3-2-4-12(7-5-10)18-14-8-6-11(16)9-13(14)17-15(18)19/h6,8-10,12H,2-5,7H2,1H3,(H,17,19). The van der Waals surface area contributed by atoms with E-state index in [0.29, 0.717) is 6.04 Å². The lowest BCUT2D eigenvalue weighted by molar-refractivity contribution is 0.438. The van der Waals surface area contributed by atoms with Gasteiger partial charge in [0.05, 0.1) is 11.0 Å². The van der Waals surface area contributed by atoms with Crippen molar-refractivity contribution in [3.05, 3.63) is 27.4 Å². The normalized spacial score (nSPS) is 24.5. The second-order valence-corrected chi connectivity index (χ2v) is 7.03. The summed E-state index contributed by atoms with van der Waals surface area (Å²) in [7, 11) is 0. The molecule has 102 valence electrons. The molecule has 1 N–H and O–H groups in total. The maximum atomic E-state index is 5.54. The van der Waals surface area contributed by atoms with Crippen LogP contribution in [0.25, 0.3) is 11.0 Å². The monoisotopic (exact) mass is 338 g/mol. The van der Waals surface area contributed by atoms with Crippen molar-refractivity contribution in [2.45, 2.75) is 45.1 Å². The van der Waals surface area contributed by atoms with Gasteiger partial charge in [-0.2, -0.15) is 0 Å². The first-order valence-corrected chi connectivity index (χ1v) is 8.25. The molecule has 0 spiro atoms. The van der Waals surface area contributed by atoms with E-state index in [1.165, 1.54) is 37.6 Å². The van der Waals surface area contributed by atoms with Gasteiger partial charge in [0.2, 0.25) is 0 Å². The first kappa shape index (κ1) is 13.4. The van der Waals surface area contributed by atoms with Crippen molar-refractivity contribution in [1.29, 1.82) is 0 Å². The van der Waals surface area contributed by atoms with Gasteiger partial charge in [0.25, 0.3) is 0 Å². The van der Waals surface area contributed by atoms with E-state index < -0.39 is 0 Å². The number of fused-ring (bicyclic) bond motifs is 1. The van der Waals surface area contributed by atoms with E-state index in [4.69, 9.17) is 12.2 Å². The fourth-order valence-electron chi connectivity index (χ4n) is 3.19. The maximum absolute atomic E-state index is 5.54. The van der Waals surface area contributed by atoms with Gasteiger partial charge in [-0.1, -0.05) is 35.7 Å². The average Bonchev–Trinajstić information content (AvgIpc) is 2.54. The molecule has 1 saturated carbocycles. The van der Waals surface area contributed by atoms with E-state index >= 15 is 0 Å². The van der Waals surface area contributed by atoms with E-state index in [9.17, 15) is 0 Å². The minimum Gasteiger partial charge on any atom is -0.331 e. The third-order valence-corrected chi connectivity index (χ3v) is 5.06. The van der Waals surface area contributed by atoms with Crippen LogP contribution in [0.4, 0.5) is 0 Å². The van der Waals surface area contributed by atoms with Crippen LogP contribution in [0.2, 0.25) is 0 Å². The summed E-state index contributed by atoms with van der Waals surface area (Å²) in [6, 6.07) is 6.94. The van der Waals surface area contributed by atoms with Crippen molar-refractivity contribution >= 4 is 39.2 Å². The second-order valence-electron chi connectivity index (χ2n) is 5.73. The second kappa shape index (κ2) is 5.41. The van der Waals surface area contributed by atoms with Crippen LogP contribution in [0.15, 0.2) is 22.7 Å². The molecule has 1 fully saturated rings. The highest BCUT2D eigenvalue weighted by atomic mass is 79.9. The molecule has 3 rings (SSSR count). The molecule has 0 aliphatic heterocycles. The predicted octanol–water partition coefficient (Wildman–Crippen LogP) is 5.60. The zero-order valence-corrected chi connectivity index (χ0v) is 13.6. The minimum atomic E-state index is 0.562. The molecule has 0 bridgehead atoms. The minimum absolute atomic E-state index is 0.562. The van der Waals surface area contributed by atoms with Gasteiger partial charge in [0, 0.05) is 10.5 Å². The summed E-state index contributed by atoms with van der Waals surface area (Å²) in [5.74, 6) is 0.860. The number of aromatic amines is 1. The molecule has 19 heavy (non-hydrogen) atoms. The molecule has 4 heteroatoms. The molecular formula is C15H19BrN2S. The van der Waals surface area contributed by atoms with Gasteiger partial charge in [0.1, 0.15) is 0 Å². The van der Waals surface area contributed by atoms with Gasteiger partial charge in [0.15, 0.2) is 4.77 Å². The van der Waals surface area contributed by atoms with Gasteiger partial charge in [-0.05, 0) is 55.6 Å². The van der Waals surface area contributed by atoms with E-state index in [1.54, 1.807) is 0 Å². The Morgan fingerprint density at radius 2 is 2.11 bits per heavy atom. The first-order valence-electron chi connectivity index (χ1n) is 7.05. The number of aromatic nitrogens is 2. The topological polar surface area (TPSA) is 20.7 Å². The summed E-state index contributed by atoms with van der Waals surface area (Å²) in [4.78, 5) is 3.34. The molecule has 1 aliphatic carbocycles. The molecule has 2 unspecified atom stereocenters. The third kappa shape index (κ3) is 2.65. The third-order valence-electron chi connectivity index (χ3n) is 4.27. The van der Waals surface area contributed by atoms with Crippen molar-refractivity contribution in [1.82, 2.24) is 9.55 Å². The van der Waals surface area contributed by atoms with Gasteiger partial charge in [-0.3, -0.25) is 0 Å². The Balaban J connectivity index is 2.04. The molecule has 1 aliphatic rings. The molecule has 0 amide bonds. The van der Waals surface area contributed by atoms with Gasteiger partial charge < -0.3 is 9.55 Å². The Hall–Kier alpha value is -0.610. The SMILES string of the molecule is CC1CCCC(n2c(=S)[nH]c3cc(Br)ccc32)CC1. The molecular weight excluding hydrogens is 320 g/mol. The highest BCUT2D eigenvalue weighted by molar-refractivity contribution is 9.10. The van der Waals surface area contributed by atoms with Crippen LogP contribution < -0.4 is 0 Å². The van der Waals surface area contributed by atoms with E-state index in [-0.39, 0.29) is 0 Å². The maximum Gasteiger partial charge on any atom is 0.178 e. The van der Waals surface area contributed by atoms with Crippen LogP contribution in [0, 0.1) is 10.7 Å². The number of benzene rings is 1. The zero-order valence-electron chi connectivity index (χ0n) is 11.2. The summed E-state index contributed by atoms with van der Waals surface area (Å²) >= 11 is 9.06. The zero-order chi connectivity index (χ0) is 13.4. The Labute approximate surface area is 127 Å². The predicted molar refractivity (Wildman–Crippen MR) is 86.1 cm³/mol. The van der Waals surface area contributed by atoms with Crippen LogP contribution in [0.1, 0.15) is 45.1 Å². The lowest BCUT2D eigenvalue weighted by Crippen LogP contribution is -2.08. The summed E-state index contributed by atoms with van der Waals surface area (Å²) in [5.41, 5.74) is 2.38. The molecule has 1 aromatic heterocycles. The highest BCUT2D eigenvalue weighted by Crippen LogP contribution is 2.33. The number of H-pyrrole nitrogens is 1. The number of hydrogen-bond donors (Lipinski definition) is 1. The highest BCUT2D eigenvalue weighted by Gasteiger charge is 2.20. The summed E-state index contributed by atoms with van der Waals surface area (Å²) in [5, 5.41) is 0. The van der Waals surface area contributed by atoms with Gasteiger partial charge in [-0.15, -0.1) is 0 Å². The van der Waals surface area contributed by atoms with Gasteiger partial charge >= 0.3 is 0 Å². The van der Waals surface area contributed by atoms with E-state index in [1.807, 2.05) is 0 Å². The number of nitrogens with zero attached hydrogens (tertiary/aromatic N) is 1. The van der Waals surface area contributed by atoms with Crippen molar-refractivity contribution in [3.8, 4) is 0 Å². The Morgan fingerprint density at radius 3 is 2.95 bits per heavy atom. The largest absolute Gasteiger partial charge is 0.331 e. The molecule has 0 saturated heterocycles. The number of hydrogen-bond acceptors (Lipinski definition) is 1.